The van der Waals surface area contributed by atoms with Crippen molar-refractivity contribution in [2.75, 3.05) is 41.3 Å². The summed E-state index contributed by atoms with van der Waals surface area (Å²) in [6, 6.07) is 9.74. The Hall–Kier alpha value is -3.78. The molecule has 1 saturated heterocycles. The Morgan fingerprint density at radius 1 is 0.970 bits per heavy atom. The molecule has 0 amide bonds. The molecule has 0 spiro atoms. The van der Waals surface area contributed by atoms with Gasteiger partial charge in [-0.3, -0.25) is 14.6 Å². The SMILES string of the molecule is Cc1cc(N2CCN(c3ccnc4cc(Cl)ccc34)CC2)nc(NC2=CC(=O)C=CC2=O)n1. The van der Waals surface area contributed by atoms with Gasteiger partial charge in [-0.15, -0.1) is 0 Å². The molecule has 1 aliphatic carbocycles. The number of ketones is 2. The van der Waals surface area contributed by atoms with Gasteiger partial charge in [0.25, 0.3) is 0 Å². The van der Waals surface area contributed by atoms with Crippen LogP contribution in [0.2, 0.25) is 5.02 Å². The van der Waals surface area contributed by atoms with Crippen molar-refractivity contribution >= 4 is 51.5 Å². The molecule has 1 N–H and O–H groups in total. The molecule has 33 heavy (non-hydrogen) atoms. The summed E-state index contributed by atoms with van der Waals surface area (Å²) in [5, 5.41) is 4.65. The minimum Gasteiger partial charge on any atom is -0.367 e. The minimum atomic E-state index is -0.277. The molecule has 1 aliphatic heterocycles. The standard InChI is InChI=1S/C24H21ClN6O2/c1-15-12-23(29-24(27-15)28-20-14-17(32)3-5-22(20)33)31-10-8-30(9-11-31)21-6-7-26-19-13-16(25)2-4-18(19)21/h2-7,12-14H,8-11H2,1H3,(H,27,28,29). The zero-order valence-electron chi connectivity index (χ0n) is 18.0. The summed E-state index contributed by atoms with van der Waals surface area (Å²) >= 11 is 6.13. The molecule has 1 aromatic carbocycles. The number of anilines is 3. The number of nitrogens with one attached hydrogen (secondary N) is 1. The van der Waals surface area contributed by atoms with Crippen LogP contribution in [0.3, 0.4) is 0 Å². The Morgan fingerprint density at radius 2 is 1.76 bits per heavy atom. The van der Waals surface area contributed by atoms with Crippen LogP contribution in [0.15, 0.2) is 60.5 Å². The maximum absolute atomic E-state index is 12.0. The van der Waals surface area contributed by atoms with Crippen molar-refractivity contribution in [1.82, 2.24) is 15.0 Å². The highest BCUT2D eigenvalue weighted by molar-refractivity contribution is 6.31. The van der Waals surface area contributed by atoms with E-state index in [9.17, 15) is 9.59 Å². The quantitative estimate of drug-likeness (QED) is 0.593. The second-order valence-corrected chi connectivity index (χ2v) is 8.38. The van der Waals surface area contributed by atoms with Gasteiger partial charge in [0.1, 0.15) is 5.82 Å². The van der Waals surface area contributed by atoms with Gasteiger partial charge in [-0.1, -0.05) is 11.6 Å². The minimum absolute atomic E-state index is 0.175. The lowest BCUT2D eigenvalue weighted by Gasteiger charge is -2.37. The van der Waals surface area contributed by atoms with Crippen LogP contribution in [0.5, 0.6) is 0 Å². The number of aromatic nitrogens is 3. The molecule has 0 unspecified atom stereocenters. The summed E-state index contributed by atoms with van der Waals surface area (Å²) < 4.78 is 0. The maximum atomic E-state index is 12.0. The van der Waals surface area contributed by atoms with Gasteiger partial charge in [0.05, 0.1) is 11.2 Å². The van der Waals surface area contributed by atoms with Crippen molar-refractivity contribution in [2.24, 2.45) is 0 Å². The van der Waals surface area contributed by atoms with Gasteiger partial charge in [-0.2, -0.15) is 4.98 Å². The van der Waals surface area contributed by atoms with Crippen LogP contribution in [0.25, 0.3) is 10.9 Å². The summed E-state index contributed by atoms with van der Waals surface area (Å²) in [5.41, 5.74) is 2.96. The van der Waals surface area contributed by atoms with Crippen molar-refractivity contribution in [3.63, 3.8) is 0 Å². The zero-order valence-corrected chi connectivity index (χ0v) is 18.7. The van der Waals surface area contributed by atoms with E-state index in [2.05, 4.69) is 30.1 Å². The van der Waals surface area contributed by atoms with E-state index in [4.69, 9.17) is 11.6 Å². The Labute approximate surface area is 195 Å². The molecule has 5 rings (SSSR count). The third-order valence-electron chi connectivity index (χ3n) is 5.66. The molecule has 0 atom stereocenters. The fraction of sp³-hybridized carbons (Fsp3) is 0.208. The molecule has 0 radical (unpaired) electrons. The number of allylic oxidation sites excluding steroid dienone is 3. The van der Waals surface area contributed by atoms with Crippen LogP contribution < -0.4 is 15.1 Å². The third kappa shape index (κ3) is 4.42. The number of fused-ring (bicyclic) bond motifs is 1. The Kier molecular flexibility index (Phi) is 5.51. The zero-order chi connectivity index (χ0) is 22.9. The molecule has 8 nitrogen and oxygen atoms in total. The normalized spacial score (nSPS) is 16.4. The summed E-state index contributed by atoms with van der Waals surface area (Å²) in [6.07, 6.45) is 5.57. The number of benzene rings is 1. The van der Waals surface area contributed by atoms with Crippen LogP contribution in [0.1, 0.15) is 5.69 Å². The second kappa shape index (κ2) is 8.63. The Bertz CT molecular complexity index is 1330. The van der Waals surface area contributed by atoms with Crippen LogP contribution >= 0.6 is 11.6 Å². The molecule has 2 aliphatic rings. The molecule has 3 aromatic rings. The Balaban J connectivity index is 1.33. The molecule has 2 aromatic heterocycles. The number of piperazine rings is 1. The smallest absolute Gasteiger partial charge is 0.229 e. The second-order valence-electron chi connectivity index (χ2n) is 7.94. The fourth-order valence-electron chi connectivity index (χ4n) is 4.06. The van der Waals surface area contributed by atoms with Gasteiger partial charge in [0, 0.05) is 66.3 Å². The highest BCUT2D eigenvalue weighted by atomic mass is 35.5. The van der Waals surface area contributed by atoms with Gasteiger partial charge in [-0.05, 0) is 43.3 Å². The number of hydrogen-bond donors (Lipinski definition) is 1. The summed E-state index contributed by atoms with van der Waals surface area (Å²) in [5.74, 6) is 0.557. The first-order valence-corrected chi connectivity index (χ1v) is 11.0. The summed E-state index contributed by atoms with van der Waals surface area (Å²) in [6.45, 7) is 5.06. The monoisotopic (exact) mass is 460 g/mol. The van der Waals surface area contributed by atoms with Crippen LogP contribution in [0.4, 0.5) is 17.5 Å². The highest BCUT2D eigenvalue weighted by Gasteiger charge is 2.21. The summed E-state index contributed by atoms with van der Waals surface area (Å²) in [7, 11) is 0. The molecule has 0 bridgehead atoms. The fourth-order valence-corrected chi connectivity index (χ4v) is 4.22. The molecule has 3 heterocycles. The van der Waals surface area contributed by atoms with Crippen molar-refractivity contribution in [1.29, 1.82) is 0 Å². The molecule has 0 saturated carbocycles. The van der Waals surface area contributed by atoms with Crippen molar-refractivity contribution in [3.8, 4) is 0 Å². The van der Waals surface area contributed by atoms with Gasteiger partial charge in [-0.25, -0.2) is 4.98 Å². The van der Waals surface area contributed by atoms with E-state index >= 15 is 0 Å². The number of carbonyl (C=O) groups is 2. The van der Waals surface area contributed by atoms with Crippen molar-refractivity contribution < 1.29 is 9.59 Å². The summed E-state index contributed by atoms with van der Waals surface area (Å²) in [4.78, 5) is 41.6. The largest absolute Gasteiger partial charge is 0.367 e. The Morgan fingerprint density at radius 3 is 2.58 bits per heavy atom. The van der Waals surface area contributed by atoms with E-state index in [0.717, 1.165) is 54.3 Å². The van der Waals surface area contributed by atoms with Gasteiger partial charge >= 0.3 is 0 Å². The lowest BCUT2D eigenvalue weighted by molar-refractivity contribution is -0.114. The number of pyridine rings is 1. The molecule has 9 heteroatoms. The van der Waals surface area contributed by atoms with E-state index in [-0.39, 0.29) is 17.3 Å². The lowest BCUT2D eigenvalue weighted by atomic mass is 10.1. The predicted molar refractivity (Wildman–Crippen MR) is 129 cm³/mol. The molecular weight excluding hydrogens is 440 g/mol. The van der Waals surface area contributed by atoms with Crippen LogP contribution in [-0.4, -0.2) is 52.7 Å². The number of carbonyl (C=O) groups excluding carboxylic acids is 2. The van der Waals surface area contributed by atoms with E-state index < -0.39 is 0 Å². The number of nitrogens with zero attached hydrogens (tertiary/aromatic N) is 5. The predicted octanol–water partition coefficient (Wildman–Crippen LogP) is 3.32. The lowest BCUT2D eigenvalue weighted by Crippen LogP contribution is -2.47. The third-order valence-corrected chi connectivity index (χ3v) is 5.90. The van der Waals surface area contributed by atoms with Crippen LogP contribution in [0, 0.1) is 6.92 Å². The molecule has 166 valence electrons. The average Bonchev–Trinajstić information content (AvgIpc) is 2.80. The van der Waals surface area contributed by atoms with Gasteiger partial charge < -0.3 is 15.1 Å². The first-order valence-electron chi connectivity index (χ1n) is 10.6. The van der Waals surface area contributed by atoms with E-state index in [1.54, 1.807) is 0 Å². The first-order chi connectivity index (χ1) is 16.0. The maximum Gasteiger partial charge on any atom is 0.229 e. The average molecular weight is 461 g/mol. The highest BCUT2D eigenvalue weighted by Crippen LogP contribution is 2.29. The van der Waals surface area contributed by atoms with E-state index in [0.29, 0.717) is 11.0 Å². The van der Waals surface area contributed by atoms with Gasteiger partial charge in [0.2, 0.25) is 11.7 Å². The number of aryl methyl sites for hydroxylation is 1. The van der Waals surface area contributed by atoms with Gasteiger partial charge in [0.15, 0.2) is 5.78 Å². The van der Waals surface area contributed by atoms with E-state index in [1.165, 1.54) is 18.2 Å². The molecule has 1 fully saturated rings. The van der Waals surface area contributed by atoms with Crippen molar-refractivity contribution in [3.05, 3.63) is 71.2 Å². The number of halogens is 1. The topological polar surface area (TPSA) is 91.3 Å². The number of hydrogen-bond acceptors (Lipinski definition) is 8. The molecular formula is C24H21ClN6O2. The number of rotatable bonds is 4. The van der Waals surface area contributed by atoms with Crippen LogP contribution in [-0.2, 0) is 9.59 Å². The van der Waals surface area contributed by atoms with E-state index in [1.807, 2.05) is 43.5 Å². The van der Waals surface area contributed by atoms with Crippen molar-refractivity contribution in [2.45, 2.75) is 6.92 Å². The first kappa shape index (κ1) is 21.1.